The van der Waals surface area contributed by atoms with Crippen LogP contribution >= 0.6 is 0 Å². The summed E-state index contributed by atoms with van der Waals surface area (Å²) >= 11 is 0. The van der Waals surface area contributed by atoms with Gasteiger partial charge >= 0.3 is 0 Å². The summed E-state index contributed by atoms with van der Waals surface area (Å²) in [6.45, 7) is 1.53. The summed E-state index contributed by atoms with van der Waals surface area (Å²) in [5.74, 6) is -0.420. The molecule has 0 bridgehead atoms. The first kappa shape index (κ1) is 20.6. The minimum Gasteiger partial charge on any atom is -0.453 e. The third kappa shape index (κ3) is 3.45. The molecule has 4 rings (SSSR count). The van der Waals surface area contributed by atoms with Gasteiger partial charge in [-0.1, -0.05) is 5.16 Å². The maximum atomic E-state index is 14.7. The predicted octanol–water partition coefficient (Wildman–Crippen LogP) is 2.61. The maximum Gasteiger partial charge on any atom is 0.258 e. The summed E-state index contributed by atoms with van der Waals surface area (Å²) < 4.78 is 25.9. The molecule has 2 heterocycles. The van der Waals surface area contributed by atoms with Gasteiger partial charge in [0, 0.05) is 17.5 Å². The van der Waals surface area contributed by atoms with E-state index in [-0.39, 0.29) is 48.5 Å². The molecule has 1 fully saturated rings. The summed E-state index contributed by atoms with van der Waals surface area (Å²) in [5.41, 5.74) is 2.33. The van der Waals surface area contributed by atoms with Crippen molar-refractivity contribution < 1.29 is 28.6 Å². The lowest BCUT2D eigenvalue weighted by atomic mass is 9.94. The van der Waals surface area contributed by atoms with Crippen molar-refractivity contribution >= 4 is 11.6 Å². The molecule has 2 aromatic carbocycles. The highest BCUT2D eigenvalue weighted by molar-refractivity contribution is 6.03. The third-order valence-corrected chi connectivity index (χ3v) is 5.51. The molecule has 0 radical (unpaired) electrons. The number of benzene rings is 2. The van der Waals surface area contributed by atoms with Crippen LogP contribution in [0, 0.1) is 24.1 Å². The predicted molar refractivity (Wildman–Crippen MR) is 108 cm³/mol. The Hall–Kier alpha value is -3.64. The molecular formula is C22H20FN3O5. The standard InChI is InChI=1S/C22H20FN3O5/c1-12-13(8-24)3-6-18(23)19(12)16-4-5-17(21-20(16)30-11-31-21)22(28)26-9-14(25-29-2)7-15(26)10-27/h3-6,15,27H,7,9-11H2,1-2H3/b25-14-/t15-/m0/s1. The van der Waals surface area contributed by atoms with Crippen LogP contribution in [0.25, 0.3) is 11.1 Å². The molecule has 0 aliphatic carbocycles. The molecule has 9 heteroatoms. The van der Waals surface area contributed by atoms with Gasteiger partial charge < -0.3 is 24.3 Å². The number of nitrogens with zero attached hydrogens (tertiary/aromatic N) is 3. The molecule has 2 aliphatic rings. The van der Waals surface area contributed by atoms with Crippen LogP contribution in [0.3, 0.4) is 0 Å². The van der Waals surface area contributed by atoms with Gasteiger partial charge in [0.25, 0.3) is 5.91 Å². The molecule has 8 nitrogen and oxygen atoms in total. The van der Waals surface area contributed by atoms with Gasteiger partial charge in [-0.25, -0.2) is 4.39 Å². The van der Waals surface area contributed by atoms with Crippen LogP contribution in [0.2, 0.25) is 0 Å². The second-order valence-corrected chi connectivity index (χ2v) is 7.25. The van der Waals surface area contributed by atoms with Gasteiger partial charge in [-0.3, -0.25) is 4.79 Å². The van der Waals surface area contributed by atoms with Crippen LogP contribution in [0.5, 0.6) is 11.5 Å². The van der Waals surface area contributed by atoms with E-state index < -0.39 is 11.9 Å². The van der Waals surface area contributed by atoms with Crippen molar-refractivity contribution in [2.24, 2.45) is 5.16 Å². The molecule has 1 atom stereocenters. The Kier molecular flexibility index (Phi) is 5.48. The fourth-order valence-corrected chi connectivity index (χ4v) is 4.02. The fourth-order valence-electron chi connectivity index (χ4n) is 4.02. The van der Waals surface area contributed by atoms with E-state index in [1.54, 1.807) is 19.1 Å². The summed E-state index contributed by atoms with van der Waals surface area (Å²) in [4.78, 5) is 19.6. The van der Waals surface area contributed by atoms with E-state index in [0.717, 1.165) is 0 Å². The zero-order valence-electron chi connectivity index (χ0n) is 17.0. The number of ether oxygens (including phenoxy) is 2. The zero-order chi connectivity index (χ0) is 22.1. The molecule has 2 aromatic rings. The molecule has 0 unspecified atom stereocenters. The second kappa shape index (κ2) is 8.24. The lowest BCUT2D eigenvalue weighted by Crippen LogP contribution is -2.38. The fraction of sp³-hybridized carbons (Fsp3) is 0.318. The van der Waals surface area contributed by atoms with Crippen molar-refractivity contribution in [3.05, 3.63) is 46.8 Å². The Morgan fingerprint density at radius 3 is 2.84 bits per heavy atom. The maximum absolute atomic E-state index is 14.7. The van der Waals surface area contributed by atoms with Gasteiger partial charge in [0.15, 0.2) is 11.5 Å². The van der Waals surface area contributed by atoms with E-state index in [4.69, 9.17) is 14.3 Å². The SMILES string of the molecule is CO/N=C1/C[C@@H](CO)N(C(=O)c2ccc(-c3c(F)ccc(C#N)c3C)c3c2OCO3)C1. The number of likely N-dealkylation sites (tertiary alicyclic amines) is 1. The smallest absolute Gasteiger partial charge is 0.258 e. The first-order valence-corrected chi connectivity index (χ1v) is 9.63. The number of fused-ring (bicyclic) bond motifs is 1. The van der Waals surface area contributed by atoms with E-state index in [9.17, 15) is 19.6 Å². The molecule has 0 spiro atoms. The quantitative estimate of drug-likeness (QED) is 0.755. The van der Waals surface area contributed by atoms with Gasteiger partial charge in [-0.05, 0) is 36.8 Å². The van der Waals surface area contributed by atoms with Crippen molar-refractivity contribution in [2.45, 2.75) is 19.4 Å². The Morgan fingerprint density at radius 1 is 1.35 bits per heavy atom. The second-order valence-electron chi connectivity index (χ2n) is 7.25. The first-order chi connectivity index (χ1) is 15.0. The topological polar surface area (TPSA) is 104 Å². The molecule has 1 saturated heterocycles. The number of carbonyl (C=O) groups excluding carboxylic acids is 1. The number of nitriles is 1. The zero-order valence-corrected chi connectivity index (χ0v) is 17.0. The van der Waals surface area contributed by atoms with E-state index >= 15 is 0 Å². The third-order valence-electron chi connectivity index (χ3n) is 5.51. The Morgan fingerprint density at radius 2 is 2.13 bits per heavy atom. The monoisotopic (exact) mass is 425 g/mol. The minimum absolute atomic E-state index is 0.120. The van der Waals surface area contributed by atoms with Crippen molar-refractivity contribution in [1.29, 1.82) is 5.26 Å². The summed E-state index contributed by atoms with van der Waals surface area (Å²) in [7, 11) is 1.42. The van der Waals surface area contributed by atoms with Crippen LogP contribution in [-0.4, -0.2) is 54.7 Å². The highest BCUT2D eigenvalue weighted by atomic mass is 19.1. The number of hydrogen-bond donors (Lipinski definition) is 1. The summed E-state index contributed by atoms with van der Waals surface area (Å²) in [5, 5.41) is 22.9. The Balaban J connectivity index is 1.78. The first-order valence-electron chi connectivity index (χ1n) is 9.63. The summed E-state index contributed by atoms with van der Waals surface area (Å²) in [6, 6.07) is 7.39. The number of halogens is 1. The van der Waals surface area contributed by atoms with Gasteiger partial charge in [0.05, 0.1) is 42.1 Å². The van der Waals surface area contributed by atoms with Gasteiger partial charge in [-0.2, -0.15) is 5.26 Å². The highest BCUT2D eigenvalue weighted by Gasteiger charge is 2.36. The molecule has 0 saturated carbocycles. The molecule has 0 aromatic heterocycles. The van der Waals surface area contributed by atoms with Gasteiger partial charge in [-0.15, -0.1) is 0 Å². The van der Waals surface area contributed by atoms with E-state index in [2.05, 4.69) is 5.16 Å². The van der Waals surface area contributed by atoms with Crippen LogP contribution in [0.1, 0.15) is 27.9 Å². The molecule has 2 aliphatic heterocycles. The number of amides is 1. The van der Waals surface area contributed by atoms with Crippen LogP contribution in [-0.2, 0) is 4.84 Å². The van der Waals surface area contributed by atoms with E-state index in [1.807, 2.05) is 6.07 Å². The largest absolute Gasteiger partial charge is 0.453 e. The van der Waals surface area contributed by atoms with Gasteiger partial charge in [0.1, 0.15) is 12.9 Å². The van der Waals surface area contributed by atoms with E-state index in [1.165, 1.54) is 24.1 Å². The van der Waals surface area contributed by atoms with Crippen molar-refractivity contribution in [3.8, 4) is 28.7 Å². The minimum atomic E-state index is -0.506. The molecule has 160 valence electrons. The van der Waals surface area contributed by atoms with Crippen molar-refractivity contribution in [1.82, 2.24) is 4.90 Å². The lowest BCUT2D eigenvalue weighted by molar-refractivity contribution is 0.0675. The van der Waals surface area contributed by atoms with Crippen LogP contribution in [0.4, 0.5) is 4.39 Å². The van der Waals surface area contributed by atoms with Gasteiger partial charge in [0.2, 0.25) is 6.79 Å². The van der Waals surface area contributed by atoms with Crippen molar-refractivity contribution in [3.63, 3.8) is 0 Å². The van der Waals surface area contributed by atoms with Crippen molar-refractivity contribution in [2.75, 3.05) is 27.1 Å². The average Bonchev–Trinajstić information content (AvgIpc) is 3.41. The Bertz CT molecular complexity index is 1130. The number of aliphatic hydroxyl groups excluding tert-OH is 1. The number of carbonyl (C=O) groups is 1. The number of oxime groups is 1. The molecular weight excluding hydrogens is 405 g/mol. The molecule has 31 heavy (non-hydrogen) atoms. The molecule has 1 N–H and O–H groups in total. The molecule has 1 amide bonds. The summed E-state index contributed by atoms with van der Waals surface area (Å²) in [6.07, 6.45) is 0.402. The number of hydrogen-bond acceptors (Lipinski definition) is 7. The normalized spacial score (nSPS) is 18.4. The average molecular weight is 425 g/mol. The van der Waals surface area contributed by atoms with Crippen LogP contribution < -0.4 is 9.47 Å². The Labute approximate surface area is 178 Å². The number of aliphatic hydroxyl groups is 1. The highest BCUT2D eigenvalue weighted by Crippen LogP contribution is 2.46. The lowest BCUT2D eigenvalue weighted by Gasteiger charge is -2.23. The van der Waals surface area contributed by atoms with E-state index in [0.29, 0.717) is 28.8 Å². The van der Waals surface area contributed by atoms with Crippen LogP contribution in [0.15, 0.2) is 29.4 Å². The number of rotatable bonds is 4.